The molecule has 0 saturated heterocycles. The van der Waals surface area contributed by atoms with Gasteiger partial charge in [-0.15, -0.1) is 0 Å². The molecule has 0 unspecified atom stereocenters. The van der Waals surface area contributed by atoms with Gasteiger partial charge in [-0.3, -0.25) is 10.1 Å². The Hall–Kier alpha value is -2.15. The second kappa shape index (κ2) is 5.66. The van der Waals surface area contributed by atoms with E-state index in [1.807, 2.05) is 14.1 Å². The van der Waals surface area contributed by atoms with E-state index in [-0.39, 0.29) is 5.69 Å². The van der Waals surface area contributed by atoms with Crippen molar-refractivity contribution >= 4 is 22.7 Å². The Labute approximate surface area is 110 Å². The van der Waals surface area contributed by atoms with E-state index in [1.165, 1.54) is 6.07 Å². The zero-order valence-electron chi connectivity index (χ0n) is 11.0. The summed E-state index contributed by atoms with van der Waals surface area (Å²) < 4.78 is 0. The Morgan fingerprint density at radius 3 is 2.95 bits per heavy atom. The number of fused-ring (bicyclic) bond motifs is 1. The zero-order valence-corrected chi connectivity index (χ0v) is 11.0. The summed E-state index contributed by atoms with van der Waals surface area (Å²) in [4.78, 5) is 19.8. The molecule has 19 heavy (non-hydrogen) atoms. The number of nitrogens with zero attached hydrogens (tertiary/aromatic N) is 3. The number of aromatic amines is 1. The summed E-state index contributed by atoms with van der Waals surface area (Å²) in [5.74, 6) is 0.572. The number of anilines is 1. The fourth-order valence-electron chi connectivity index (χ4n) is 1.85. The second-order valence-corrected chi connectivity index (χ2v) is 4.60. The van der Waals surface area contributed by atoms with Gasteiger partial charge in [0.25, 0.3) is 5.69 Å². The Morgan fingerprint density at radius 1 is 1.47 bits per heavy atom. The van der Waals surface area contributed by atoms with Gasteiger partial charge in [-0.1, -0.05) is 6.07 Å². The average molecular weight is 263 g/mol. The molecule has 7 heteroatoms. The second-order valence-electron chi connectivity index (χ2n) is 4.60. The van der Waals surface area contributed by atoms with Crippen molar-refractivity contribution in [2.75, 3.05) is 32.5 Å². The van der Waals surface area contributed by atoms with Crippen molar-refractivity contribution in [1.29, 1.82) is 0 Å². The minimum Gasteiger partial charge on any atom is -0.356 e. The van der Waals surface area contributed by atoms with Gasteiger partial charge in [-0.05, 0) is 33.1 Å². The first-order valence-corrected chi connectivity index (χ1v) is 6.09. The van der Waals surface area contributed by atoms with Crippen molar-refractivity contribution in [2.45, 2.75) is 6.42 Å². The summed E-state index contributed by atoms with van der Waals surface area (Å²) >= 11 is 0. The molecule has 0 saturated carbocycles. The third-order valence-corrected chi connectivity index (χ3v) is 2.76. The van der Waals surface area contributed by atoms with Crippen molar-refractivity contribution < 1.29 is 4.92 Å². The number of nitro benzene ring substituents is 1. The number of rotatable bonds is 6. The first-order valence-electron chi connectivity index (χ1n) is 6.09. The van der Waals surface area contributed by atoms with Crippen molar-refractivity contribution in [2.24, 2.45) is 0 Å². The SMILES string of the molecule is CN(C)CCCNc1nc2c([N+](=O)[O-])cccc2[nH]1. The molecule has 102 valence electrons. The molecule has 0 aliphatic rings. The molecule has 1 heterocycles. The highest BCUT2D eigenvalue weighted by molar-refractivity contribution is 5.86. The number of nitrogens with one attached hydrogen (secondary N) is 2. The standard InChI is InChI=1S/C12H17N5O2/c1-16(2)8-4-7-13-12-14-9-5-3-6-10(17(18)19)11(9)15-12/h3,5-6H,4,7-8H2,1-2H3,(H2,13,14,15). The van der Waals surface area contributed by atoms with Gasteiger partial charge >= 0.3 is 0 Å². The molecule has 0 spiro atoms. The van der Waals surface area contributed by atoms with Crippen LogP contribution in [0.15, 0.2) is 18.2 Å². The predicted molar refractivity (Wildman–Crippen MR) is 74.4 cm³/mol. The number of imidazole rings is 1. The van der Waals surface area contributed by atoms with Crippen LogP contribution >= 0.6 is 0 Å². The molecule has 0 radical (unpaired) electrons. The average Bonchev–Trinajstić information content (AvgIpc) is 2.76. The molecule has 7 nitrogen and oxygen atoms in total. The number of non-ortho nitro benzene ring substituents is 1. The van der Waals surface area contributed by atoms with Gasteiger partial charge in [-0.2, -0.15) is 0 Å². The highest BCUT2D eigenvalue weighted by Gasteiger charge is 2.14. The van der Waals surface area contributed by atoms with Gasteiger partial charge in [0.1, 0.15) is 0 Å². The van der Waals surface area contributed by atoms with Crippen LogP contribution in [0.5, 0.6) is 0 Å². The molecule has 2 rings (SSSR count). The van der Waals surface area contributed by atoms with Crippen LogP contribution < -0.4 is 5.32 Å². The molecule has 0 amide bonds. The molecule has 0 aliphatic carbocycles. The number of hydrogen-bond acceptors (Lipinski definition) is 5. The van der Waals surface area contributed by atoms with Crippen LogP contribution in [0, 0.1) is 10.1 Å². The summed E-state index contributed by atoms with van der Waals surface area (Å²) in [6.45, 7) is 1.75. The molecule has 2 aromatic rings. The number of H-pyrrole nitrogens is 1. The minimum absolute atomic E-state index is 0.0232. The zero-order chi connectivity index (χ0) is 13.8. The van der Waals surface area contributed by atoms with E-state index in [4.69, 9.17) is 0 Å². The maximum atomic E-state index is 10.9. The van der Waals surface area contributed by atoms with E-state index in [2.05, 4.69) is 20.2 Å². The maximum absolute atomic E-state index is 10.9. The minimum atomic E-state index is -0.418. The van der Waals surface area contributed by atoms with Crippen LogP contribution in [-0.4, -0.2) is 47.0 Å². The normalized spacial score (nSPS) is 11.1. The van der Waals surface area contributed by atoms with Crippen molar-refractivity contribution in [3.63, 3.8) is 0 Å². The molecular formula is C12H17N5O2. The molecule has 0 atom stereocenters. The van der Waals surface area contributed by atoms with Crippen molar-refractivity contribution in [3.8, 4) is 0 Å². The number of aromatic nitrogens is 2. The predicted octanol–water partition coefficient (Wildman–Crippen LogP) is 1.83. The van der Waals surface area contributed by atoms with Crippen molar-refractivity contribution in [3.05, 3.63) is 28.3 Å². The third-order valence-electron chi connectivity index (χ3n) is 2.76. The number of hydrogen-bond donors (Lipinski definition) is 2. The van der Waals surface area contributed by atoms with E-state index >= 15 is 0 Å². The Kier molecular flexibility index (Phi) is 3.96. The summed E-state index contributed by atoms with van der Waals surface area (Å²) in [6.07, 6.45) is 0.978. The van der Waals surface area contributed by atoms with Crippen LogP contribution in [0.4, 0.5) is 11.6 Å². The van der Waals surface area contributed by atoms with E-state index in [0.717, 1.165) is 19.5 Å². The largest absolute Gasteiger partial charge is 0.356 e. The fraction of sp³-hybridized carbons (Fsp3) is 0.417. The summed E-state index contributed by atoms with van der Waals surface area (Å²) in [7, 11) is 4.04. The van der Waals surface area contributed by atoms with Crippen LogP contribution in [0.1, 0.15) is 6.42 Å². The van der Waals surface area contributed by atoms with Crippen molar-refractivity contribution in [1.82, 2.24) is 14.9 Å². The van der Waals surface area contributed by atoms with Crippen LogP contribution in [0.3, 0.4) is 0 Å². The Balaban J connectivity index is 2.09. The summed E-state index contributed by atoms with van der Waals surface area (Å²) in [5.41, 5.74) is 1.09. The van der Waals surface area contributed by atoms with Crippen LogP contribution in [0.25, 0.3) is 11.0 Å². The van der Waals surface area contributed by atoms with Gasteiger partial charge < -0.3 is 15.2 Å². The molecular weight excluding hydrogens is 246 g/mol. The lowest BCUT2D eigenvalue weighted by atomic mass is 10.3. The quantitative estimate of drug-likeness (QED) is 0.471. The first-order chi connectivity index (χ1) is 9.08. The Bertz CT molecular complexity index is 579. The molecule has 1 aromatic heterocycles. The highest BCUT2D eigenvalue weighted by Crippen LogP contribution is 2.24. The number of benzene rings is 1. The van der Waals surface area contributed by atoms with Gasteiger partial charge in [0, 0.05) is 12.6 Å². The van der Waals surface area contributed by atoms with Gasteiger partial charge in [-0.25, -0.2) is 4.98 Å². The van der Waals surface area contributed by atoms with Crippen LogP contribution in [0.2, 0.25) is 0 Å². The summed E-state index contributed by atoms with van der Waals surface area (Å²) in [5, 5.41) is 14.0. The molecule has 0 aliphatic heterocycles. The Morgan fingerprint density at radius 2 is 2.26 bits per heavy atom. The first kappa shape index (κ1) is 13.3. The molecule has 1 aromatic carbocycles. The molecule has 2 N–H and O–H groups in total. The monoisotopic (exact) mass is 263 g/mol. The summed E-state index contributed by atoms with van der Waals surface area (Å²) in [6, 6.07) is 4.88. The van der Waals surface area contributed by atoms with Gasteiger partial charge in [0.2, 0.25) is 5.95 Å². The third kappa shape index (κ3) is 3.19. The van der Waals surface area contributed by atoms with Gasteiger partial charge in [0.15, 0.2) is 5.52 Å². The lowest BCUT2D eigenvalue weighted by Crippen LogP contribution is -2.16. The number of nitro groups is 1. The van der Waals surface area contributed by atoms with E-state index in [1.54, 1.807) is 12.1 Å². The van der Waals surface area contributed by atoms with E-state index in [0.29, 0.717) is 17.0 Å². The fourth-order valence-corrected chi connectivity index (χ4v) is 1.85. The number of para-hydroxylation sites is 1. The van der Waals surface area contributed by atoms with Gasteiger partial charge in [0.05, 0.1) is 10.4 Å². The smallest absolute Gasteiger partial charge is 0.297 e. The molecule has 0 bridgehead atoms. The molecule has 0 fully saturated rings. The van der Waals surface area contributed by atoms with Crippen LogP contribution in [-0.2, 0) is 0 Å². The highest BCUT2D eigenvalue weighted by atomic mass is 16.6. The lowest BCUT2D eigenvalue weighted by molar-refractivity contribution is -0.383. The van der Waals surface area contributed by atoms with E-state index in [9.17, 15) is 10.1 Å². The van der Waals surface area contributed by atoms with E-state index < -0.39 is 4.92 Å². The topological polar surface area (TPSA) is 87.1 Å². The lowest BCUT2D eigenvalue weighted by Gasteiger charge is -2.08. The maximum Gasteiger partial charge on any atom is 0.297 e.